The molecular formula is C16H21N3O2. The van der Waals surface area contributed by atoms with Crippen molar-refractivity contribution in [2.45, 2.75) is 31.7 Å². The van der Waals surface area contributed by atoms with Gasteiger partial charge < -0.3 is 15.5 Å². The maximum absolute atomic E-state index is 12.4. The third-order valence-corrected chi connectivity index (χ3v) is 4.34. The second kappa shape index (κ2) is 5.76. The Bertz CT molecular complexity index is 558. The van der Waals surface area contributed by atoms with Crippen molar-refractivity contribution >= 4 is 17.5 Å². The Morgan fingerprint density at radius 2 is 2.14 bits per heavy atom. The van der Waals surface area contributed by atoms with Gasteiger partial charge in [-0.15, -0.1) is 0 Å². The lowest BCUT2D eigenvalue weighted by Crippen LogP contribution is -2.57. The van der Waals surface area contributed by atoms with Gasteiger partial charge in [0.15, 0.2) is 0 Å². The van der Waals surface area contributed by atoms with Crippen molar-refractivity contribution in [2.24, 2.45) is 0 Å². The van der Waals surface area contributed by atoms with E-state index in [1.165, 1.54) is 5.56 Å². The van der Waals surface area contributed by atoms with Gasteiger partial charge in [-0.3, -0.25) is 9.59 Å². The third kappa shape index (κ3) is 2.86. The van der Waals surface area contributed by atoms with Crippen LogP contribution in [0.15, 0.2) is 24.3 Å². The van der Waals surface area contributed by atoms with Crippen molar-refractivity contribution < 1.29 is 9.59 Å². The molecule has 2 N–H and O–H groups in total. The van der Waals surface area contributed by atoms with E-state index < -0.39 is 0 Å². The number of nitrogen functional groups attached to an aromatic ring is 1. The summed E-state index contributed by atoms with van der Waals surface area (Å²) in [5, 5.41) is 0. The van der Waals surface area contributed by atoms with Gasteiger partial charge in [0.25, 0.3) is 0 Å². The van der Waals surface area contributed by atoms with Crippen LogP contribution in [-0.4, -0.2) is 47.3 Å². The number of anilines is 1. The molecule has 5 nitrogen and oxygen atoms in total. The highest BCUT2D eigenvalue weighted by atomic mass is 16.2. The first kappa shape index (κ1) is 13.9. The molecule has 2 aliphatic heterocycles. The summed E-state index contributed by atoms with van der Waals surface area (Å²) in [6.45, 7) is 1.63. The highest BCUT2D eigenvalue weighted by molar-refractivity contribution is 5.95. The van der Waals surface area contributed by atoms with Crippen molar-refractivity contribution in [3.63, 3.8) is 0 Å². The molecule has 21 heavy (non-hydrogen) atoms. The van der Waals surface area contributed by atoms with Gasteiger partial charge >= 0.3 is 0 Å². The van der Waals surface area contributed by atoms with Crippen LogP contribution in [0.1, 0.15) is 24.8 Å². The lowest BCUT2D eigenvalue weighted by Gasteiger charge is -2.36. The van der Waals surface area contributed by atoms with Crippen LogP contribution in [0.5, 0.6) is 0 Å². The summed E-state index contributed by atoms with van der Waals surface area (Å²) in [6, 6.07) is 7.61. The fourth-order valence-electron chi connectivity index (χ4n) is 3.28. The van der Waals surface area contributed by atoms with Gasteiger partial charge in [-0.25, -0.2) is 0 Å². The first-order chi connectivity index (χ1) is 10.1. The number of carbonyl (C=O) groups is 2. The van der Waals surface area contributed by atoms with E-state index in [-0.39, 0.29) is 24.4 Å². The molecule has 2 saturated heterocycles. The van der Waals surface area contributed by atoms with E-state index in [1.54, 1.807) is 9.80 Å². The molecule has 0 aromatic heterocycles. The number of piperazine rings is 1. The minimum absolute atomic E-state index is 0.0982. The average Bonchev–Trinajstić information content (AvgIpc) is 2.94. The van der Waals surface area contributed by atoms with Crippen LogP contribution in [0.3, 0.4) is 0 Å². The number of hydrogen-bond acceptors (Lipinski definition) is 3. The Morgan fingerprint density at radius 1 is 1.29 bits per heavy atom. The monoisotopic (exact) mass is 287 g/mol. The molecule has 5 heteroatoms. The summed E-state index contributed by atoms with van der Waals surface area (Å²) >= 11 is 0. The lowest BCUT2D eigenvalue weighted by molar-refractivity contribution is -0.153. The van der Waals surface area contributed by atoms with Crippen LogP contribution in [0.4, 0.5) is 5.69 Å². The lowest BCUT2D eigenvalue weighted by atomic mass is 10.1. The van der Waals surface area contributed by atoms with Crippen molar-refractivity contribution in [1.82, 2.24) is 9.80 Å². The maximum atomic E-state index is 12.4. The molecule has 1 aromatic carbocycles. The van der Waals surface area contributed by atoms with E-state index in [4.69, 9.17) is 5.73 Å². The predicted molar refractivity (Wildman–Crippen MR) is 80.5 cm³/mol. The summed E-state index contributed by atoms with van der Waals surface area (Å²) in [7, 11) is 0. The summed E-state index contributed by atoms with van der Waals surface area (Å²) < 4.78 is 0. The molecule has 0 spiro atoms. The highest BCUT2D eigenvalue weighted by Crippen LogP contribution is 2.23. The number of rotatable bonds is 4. The largest absolute Gasteiger partial charge is 0.399 e. The van der Waals surface area contributed by atoms with Crippen LogP contribution < -0.4 is 5.73 Å². The molecule has 2 fully saturated rings. The molecule has 0 radical (unpaired) electrons. The number of nitrogens with two attached hydrogens (primary N) is 1. The van der Waals surface area contributed by atoms with Gasteiger partial charge in [-0.2, -0.15) is 0 Å². The summed E-state index contributed by atoms with van der Waals surface area (Å²) in [5.74, 6) is 0.223. The van der Waals surface area contributed by atoms with Gasteiger partial charge in [0, 0.05) is 18.8 Å². The Kier molecular flexibility index (Phi) is 3.82. The van der Waals surface area contributed by atoms with E-state index in [2.05, 4.69) is 0 Å². The minimum Gasteiger partial charge on any atom is -0.399 e. The molecule has 0 bridgehead atoms. The molecule has 1 unspecified atom stereocenters. The van der Waals surface area contributed by atoms with E-state index >= 15 is 0 Å². The number of fused-ring (bicyclic) bond motifs is 1. The number of amides is 2. The number of hydrogen-bond donors (Lipinski definition) is 1. The second-order valence-corrected chi connectivity index (χ2v) is 5.85. The van der Waals surface area contributed by atoms with Crippen LogP contribution in [0.2, 0.25) is 0 Å². The maximum Gasteiger partial charge on any atom is 0.245 e. The first-order valence-corrected chi connectivity index (χ1v) is 7.58. The molecule has 1 atom stereocenters. The normalized spacial score (nSPS) is 21.8. The summed E-state index contributed by atoms with van der Waals surface area (Å²) in [5.41, 5.74) is 7.69. The Hall–Kier alpha value is -2.04. The predicted octanol–water partition coefficient (Wildman–Crippen LogP) is 1.03. The SMILES string of the molecule is Nc1cccc(CCCN2CC(=O)N3CCCC3C2=O)c1. The average molecular weight is 287 g/mol. The fourth-order valence-corrected chi connectivity index (χ4v) is 3.28. The third-order valence-electron chi connectivity index (χ3n) is 4.34. The fraction of sp³-hybridized carbons (Fsp3) is 0.500. The van der Waals surface area contributed by atoms with Crippen LogP contribution in [0.25, 0.3) is 0 Å². The topological polar surface area (TPSA) is 66.6 Å². The van der Waals surface area contributed by atoms with Crippen molar-refractivity contribution in [1.29, 1.82) is 0 Å². The van der Waals surface area contributed by atoms with Crippen LogP contribution in [0, 0.1) is 0 Å². The molecule has 3 rings (SSSR count). The van der Waals surface area contributed by atoms with Crippen molar-refractivity contribution in [2.75, 3.05) is 25.4 Å². The van der Waals surface area contributed by atoms with Gasteiger partial charge in [0.2, 0.25) is 11.8 Å². The molecule has 1 aromatic rings. The zero-order chi connectivity index (χ0) is 14.8. The van der Waals surface area contributed by atoms with Crippen LogP contribution in [-0.2, 0) is 16.0 Å². The van der Waals surface area contributed by atoms with Crippen LogP contribution >= 0.6 is 0 Å². The standard InChI is InChI=1S/C16H21N3O2/c17-13-6-1-4-12(10-13)5-2-8-18-11-15(20)19-9-3-7-14(19)16(18)21/h1,4,6,10,14H,2-3,5,7-9,11,17H2. The summed E-state index contributed by atoms with van der Waals surface area (Å²) in [6.07, 6.45) is 3.49. The van der Waals surface area contributed by atoms with Gasteiger partial charge in [0.05, 0.1) is 6.54 Å². The number of carbonyl (C=O) groups excluding carboxylic acids is 2. The van der Waals surface area contributed by atoms with Gasteiger partial charge in [-0.05, 0) is 43.4 Å². The van der Waals surface area contributed by atoms with E-state index in [9.17, 15) is 9.59 Å². The smallest absolute Gasteiger partial charge is 0.245 e. The Labute approximate surface area is 124 Å². The van der Waals surface area contributed by atoms with Crippen molar-refractivity contribution in [3.8, 4) is 0 Å². The summed E-state index contributed by atoms with van der Waals surface area (Å²) in [4.78, 5) is 27.9. The Balaban J connectivity index is 1.55. The van der Waals surface area contributed by atoms with Gasteiger partial charge in [0.1, 0.15) is 6.04 Å². The zero-order valence-electron chi connectivity index (χ0n) is 12.1. The number of nitrogens with zero attached hydrogens (tertiary/aromatic N) is 2. The molecule has 2 aliphatic rings. The second-order valence-electron chi connectivity index (χ2n) is 5.85. The van der Waals surface area contributed by atoms with E-state index in [0.717, 1.165) is 37.9 Å². The minimum atomic E-state index is -0.196. The van der Waals surface area contributed by atoms with E-state index in [1.807, 2.05) is 24.3 Å². The molecule has 2 heterocycles. The highest BCUT2D eigenvalue weighted by Gasteiger charge is 2.41. The molecule has 0 aliphatic carbocycles. The van der Waals surface area contributed by atoms with E-state index in [0.29, 0.717) is 6.54 Å². The molecule has 0 saturated carbocycles. The number of benzene rings is 1. The Morgan fingerprint density at radius 3 is 2.95 bits per heavy atom. The zero-order valence-corrected chi connectivity index (χ0v) is 12.1. The quantitative estimate of drug-likeness (QED) is 0.841. The molecular weight excluding hydrogens is 266 g/mol. The first-order valence-electron chi connectivity index (χ1n) is 7.58. The number of aryl methyl sites for hydroxylation is 1. The molecule has 2 amide bonds. The molecule has 112 valence electrons. The van der Waals surface area contributed by atoms with Gasteiger partial charge in [-0.1, -0.05) is 12.1 Å². The van der Waals surface area contributed by atoms with Crippen molar-refractivity contribution in [3.05, 3.63) is 29.8 Å².